The summed E-state index contributed by atoms with van der Waals surface area (Å²) >= 11 is 0. The molecule has 0 bridgehead atoms. The molecule has 2 amide bonds. The second kappa shape index (κ2) is 7.67. The van der Waals surface area contributed by atoms with Crippen LogP contribution in [-0.4, -0.2) is 39.0 Å². The highest BCUT2D eigenvalue weighted by molar-refractivity contribution is 6.25. The number of rotatable bonds is 5. The summed E-state index contributed by atoms with van der Waals surface area (Å²) in [4.78, 5) is 31.7. The molecule has 0 radical (unpaired) electrons. The zero-order chi connectivity index (χ0) is 22.4. The smallest absolute Gasteiger partial charge is 0.263 e. The Labute approximate surface area is 184 Å². The molecule has 2 atom stereocenters. The first-order chi connectivity index (χ1) is 15.4. The van der Waals surface area contributed by atoms with Gasteiger partial charge in [-0.15, -0.1) is 0 Å². The molecule has 0 saturated carbocycles. The molecule has 9 heteroatoms. The van der Waals surface area contributed by atoms with Crippen LogP contribution in [0.15, 0.2) is 63.4 Å². The molecule has 0 N–H and O–H groups in total. The first kappa shape index (κ1) is 20.0. The summed E-state index contributed by atoms with van der Waals surface area (Å²) in [6, 6.07) is 13.5. The molecule has 2 aliphatic rings. The minimum atomic E-state index is -0.869. The molecule has 2 aliphatic heterocycles. The molecule has 3 aromatic rings. The van der Waals surface area contributed by atoms with E-state index in [1.54, 1.807) is 12.1 Å². The van der Waals surface area contributed by atoms with E-state index in [9.17, 15) is 9.59 Å². The monoisotopic (exact) mass is 430 g/mol. The summed E-state index contributed by atoms with van der Waals surface area (Å²) in [5.74, 6) is 0.366. The number of imide groups is 1. The lowest BCUT2D eigenvalue weighted by Crippen LogP contribution is -2.39. The fourth-order valence-corrected chi connectivity index (χ4v) is 3.98. The maximum absolute atomic E-state index is 13.2. The highest BCUT2D eigenvalue weighted by atomic mass is 16.5. The molecule has 5 rings (SSSR count). The third-order valence-corrected chi connectivity index (χ3v) is 5.72. The van der Waals surface area contributed by atoms with Crippen molar-refractivity contribution >= 4 is 17.5 Å². The number of anilines is 1. The van der Waals surface area contributed by atoms with Gasteiger partial charge in [-0.25, -0.2) is 4.90 Å². The zero-order valence-corrected chi connectivity index (χ0v) is 18.0. The second-order valence-electron chi connectivity index (χ2n) is 8.33. The minimum absolute atomic E-state index is 0.0859. The van der Waals surface area contributed by atoms with Crippen LogP contribution >= 0.6 is 0 Å². The van der Waals surface area contributed by atoms with Gasteiger partial charge in [0, 0.05) is 5.56 Å². The van der Waals surface area contributed by atoms with E-state index in [4.69, 9.17) is 4.52 Å². The fourth-order valence-electron chi connectivity index (χ4n) is 3.98. The van der Waals surface area contributed by atoms with Crippen molar-refractivity contribution in [1.29, 1.82) is 0 Å². The Balaban J connectivity index is 1.35. The van der Waals surface area contributed by atoms with Crippen LogP contribution in [0, 0.1) is 6.92 Å². The van der Waals surface area contributed by atoms with Crippen LogP contribution in [-0.2, 0) is 16.1 Å². The summed E-state index contributed by atoms with van der Waals surface area (Å²) in [7, 11) is 0. The van der Waals surface area contributed by atoms with Crippen LogP contribution in [0.5, 0.6) is 0 Å². The standard InChI is InChI=1S/C23H22N6O3/c1-13(2)15-7-9-17(10-8-15)29-22(30)19-20(23(29)31)28(27-25-19)12-18-24-21(26-32-18)16-6-4-5-14(3)11-16/h4-11,13,19-20H,12H2,1-3H3/t19-,20-/m1/s1. The molecule has 1 aromatic heterocycles. The van der Waals surface area contributed by atoms with E-state index < -0.39 is 12.1 Å². The van der Waals surface area contributed by atoms with Gasteiger partial charge in [0.2, 0.25) is 11.7 Å². The van der Waals surface area contributed by atoms with Crippen molar-refractivity contribution in [2.45, 2.75) is 45.3 Å². The lowest BCUT2D eigenvalue weighted by molar-refractivity contribution is -0.123. The number of hydrogen-bond donors (Lipinski definition) is 0. The van der Waals surface area contributed by atoms with Crippen LogP contribution in [0.2, 0.25) is 0 Å². The number of carbonyl (C=O) groups is 2. The quantitative estimate of drug-likeness (QED) is 0.572. The van der Waals surface area contributed by atoms with E-state index in [-0.39, 0.29) is 18.4 Å². The average Bonchev–Trinajstić information content (AvgIpc) is 3.47. The third kappa shape index (κ3) is 3.35. The summed E-state index contributed by atoms with van der Waals surface area (Å²) in [5.41, 5.74) is 3.59. The topological polar surface area (TPSA) is 104 Å². The Morgan fingerprint density at radius 1 is 1.06 bits per heavy atom. The largest absolute Gasteiger partial charge is 0.337 e. The molecule has 3 heterocycles. The molecular formula is C23H22N6O3. The maximum Gasteiger partial charge on any atom is 0.263 e. The average molecular weight is 430 g/mol. The van der Waals surface area contributed by atoms with Crippen molar-refractivity contribution in [3.8, 4) is 11.4 Å². The number of aromatic nitrogens is 2. The van der Waals surface area contributed by atoms with Gasteiger partial charge < -0.3 is 4.52 Å². The molecule has 32 heavy (non-hydrogen) atoms. The molecule has 9 nitrogen and oxygen atoms in total. The van der Waals surface area contributed by atoms with Gasteiger partial charge in [0.05, 0.1) is 5.69 Å². The molecule has 0 aliphatic carbocycles. The van der Waals surface area contributed by atoms with Crippen LogP contribution in [0.3, 0.4) is 0 Å². The van der Waals surface area contributed by atoms with E-state index in [2.05, 4.69) is 34.3 Å². The van der Waals surface area contributed by atoms with Crippen molar-refractivity contribution in [3.05, 3.63) is 65.5 Å². The predicted octanol–water partition coefficient (Wildman–Crippen LogP) is 3.66. The number of aryl methyl sites for hydroxylation is 1. The van der Waals surface area contributed by atoms with Gasteiger partial charge >= 0.3 is 0 Å². The predicted molar refractivity (Wildman–Crippen MR) is 115 cm³/mol. The summed E-state index contributed by atoms with van der Waals surface area (Å²) < 4.78 is 5.36. The lowest BCUT2D eigenvalue weighted by Gasteiger charge is -2.19. The van der Waals surface area contributed by atoms with Gasteiger partial charge in [0.25, 0.3) is 11.8 Å². The summed E-state index contributed by atoms with van der Waals surface area (Å²) in [6.45, 7) is 6.25. The highest BCUT2D eigenvalue weighted by Crippen LogP contribution is 2.33. The Bertz CT molecular complexity index is 1220. The van der Waals surface area contributed by atoms with Crippen molar-refractivity contribution in [2.24, 2.45) is 10.3 Å². The number of hydrogen-bond acceptors (Lipinski definition) is 8. The van der Waals surface area contributed by atoms with E-state index in [1.165, 1.54) is 9.91 Å². The normalized spacial score (nSPS) is 20.0. The lowest BCUT2D eigenvalue weighted by atomic mass is 10.0. The van der Waals surface area contributed by atoms with Gasteiger partial charge in [0.1, 0.15) is 6.54 Å². The molecule has 1 fully saturated rings. The Morgan fingerprint density at radius 3 is 2.56 bits per heavy atom. The van der Waals surface area contributed by atoms with Crippen molar-refractivity contribution in [2.75, 3.05) is 4.90 Å². The molecule has 0 unspecified atom stereocenters. The van der Waals surface area contributed by atoms with Gasteiger partial charge in [-0.2, -0.15) is 10.1 Å². The van der Waals surface area contributed by atoms with Crippen LogP contribution in [0.4, 0.5) is 5.69 Å². The van der Waals surface area contributed by atoms with E-state index in [0.717, 1.165) is 16.7 Å². The fraction of sp³-hybridized carbons (Fsp3) is 0.304. The van der Waals surface area contributed by atoms with Crippen molar-refractivity contribution in [1.82, 2.24) is 15.1 Å². The molecule has 1 saturated heterocycles. The van der Waals surface area contributed by atoms with Crippen LogP contribution in [0.25, 0.3) is 11.4 Å². The van der Waals surface area contributed by atoms with Gasteiger partial charge in [0.15, 0.2) is 12.1 Å². The van der Waals surface area contributed by atoms with Gasteiger partial charge in [-0.3, -0.25) is 14.6 Å². The van der Waals surface area contributed by atoms with E-state index >= 15 is 0 Å². The van der Waals surface area contributed by atoms with E-state index in [1.807, 2.05) is 43.3 Å². The maximum atomic E-state index is 13.2. The number of amides is 2. The second-order valence-corrected chi connectivity index (χ2v) is 8.33. The highest BCUT2D eigenvalue weighted by Gasteiger charge is 2.55. The van der Waals surface area contributed by atoms with Gasteiger partial charge in [-0.1, -0.05) is 60.1 Å². The minimum Gasteiger partial charge on any atom is -0.337 e. The molecule has 0 spiro atoms. The molecule has 162 valence electrons. The summed E-state index contributed by atoms with van der Waals surface area (Å²) in [6.07, 6.45) is 0. The van der Waals surface area contributed by atoms with Crippen molar-refractivity contribution < 1.29 is 14.1 Å². The van der Waals surface area contributed by atoms with Gasteiger partial charge in [-0.05, 0) is 36.6 Å². The number of benzene rings is 2. The molecule has 2 aromatic carbocycles. The zero-order valence-electron chi connectivity index (χ0n) is 18.0. The Kier molecular flexibility index (Phi) is 4.80. The Hall–Kier alpha value is -3.88. The molecular weight excluding hydrogens is 408 g/mol. The number of carbonyl (C=O) groups excluding carboxylic acids is 2. The summed E-state index contributed by atoms with van der Waals surface area (Å²) in [5, 5.41) is 13.6. The number of nitrogens with zero attached hydrogens (tertiary/aromatic N) is 6. The van der Waals surface area contributed by atoms with Crippen LogP contribution in [0.1, 0.15) is 36.8 Å². The third-order valence-electron chi connectivity index (χ3n) is 5.72. The Morgan fingerprint density at radius 2 is 1.84 bits per heavy atom. The first-order valence-corrected chi connectivity index (χ1v) is 10.5. The van der Waals surface area contributed by atoms with Crippen molar-refractivity contribution in [3.63, 3.8) is 0 Å². The SMILES string of the molecule is Cc1cccc(-c2noc(CN3N=N[C@H]4C(=O)N(c5ccc(C(C)C)cc5)C(=O)[C@@H]43)n2)c1. The number of fused-ring (bicyclic) bond motifs is 1. The van der Waals surface area contributed by atoms with Crippen LogP contribution < -0.4 is 4.90 Å². The first-order valence-electron chi connectivity index (χ1n) is 10.5. The van der Waals surface area contributed by atoms with E-state index in [0.29, 0.717) is 23.3 Å².